The summed E-state index contributed by atoms with van der Waals surface area (Å²) in [5.41, 5.74) is 2.25. The molecule has 0 aromatic carbocycles. The maximum absolute atomic E-state index is 10.8. The van der Waals surface area contributed by atoms with E-state index in [1.807, 2.05) is 12.3 Å². The Morgan fingerprint density at radius 3 is 2.61 bits per heavy atom. The molecule has 1 aromatic rings. The van der Waals surface area contributed by atoms with Crippen molar-refractivity contribution in [1.29, 1.82) is 0 Å². The van der Waals surface area contributed by atoms with E-state index in [4.69, 9.17) is 0 Å². The molecule has 1 aliphatic carbocycles. The molecular weight excluding hydrogens is 226 g/mol. The van der Waals surface area contributed by atoms with Crippen LogP contribution in [0.5, 0.6) is 0 Å². The van der Waals surface area contributed by atoms with Crippen LogP contribution in [-0.4, -0.2) is 16.9 Å². The van der Waals surface area contributed by atoms with Crippen LogP contribution < -0.4 is 10.6 Å². The summed E-state index contributed by atoms with van der Waals surface area (Å²) in [5, 5.41) is 6.36. The van der Waals surface area contributed by atoms with Crippen molar-refractivity contribution in [2.45, 2.75) is 51.7 Å². The molecule has 0 spiro atoms. The molecule has 0 saturated heterocycles. The predicted molar refractivity (Wildman–Crippen MR) is 70.9 cm³/mol. The first-order valence-electron chi connectivity index (χ1n) is 6.49. The lowest BCUT2D eigenvalue weighted by Gasteiger charge is -2.20. The second-order valence-corrected chi connectivity index (χ2v) is 5.34. The van der Waals surface area contributed by atoms with Gasteiger partial charge in [-0.1, -0.05) is 6.07 Å². The van der Waals surface area contributed by atoms with E-state index in [0.717, 1.165) is 24.1 Å². The molecule has 1 saturated carbocycles. The molecule has 4 nitrogen and oxygen atoms in total. The Labute approximate surface area is 108 Å². The van der Waals surface area contributed by atoms with E-state index >= 15 is 0 Å². The average molecular weight is 247 g/mol. The minimum atomic E-state index is -0.0146. The van der Waals surface area contributed by atoms with Gasteiger partial charge < -0.3 is 10.6 Å². The molecule has 1 amide bonds. The zero-order chi connectivity index (χ0) is 13.2. The van der Waals surface area contributed by atoms with Crippen molar-refractivity contribution in [3.63, 3.8) is 0 Å². The van der Waals surface area contributed by atoms with Crippen molar-refractivity contribution < 1.29 is 4.79 Å². The van der Waals surface area contributed by atoms with Crippen LogP contribution in [0.4, 0.5) is 0 Å². The number of hydrogen-bond donors (Lipinski definition) is 2. The molecule has 1 fully saturated rings. The van der Waals surface area contributed by atoms with Gasteiger partial charge >= 0.3 is 0 Å². The quantitative estimate of drug-likeness (QED) is 0.832. The minimum Gasteiger partial charge on any atom is -0.352 e. The first kappa shape index (κ1) is 13.0. The molecule has 1 heterocycles. The van der Waals surface area contributed by atoms with Crippen molar-refractivity contribution in [1.82, 2.24) is 15.6 Å². The SMILES string of the molecule is CC(=O)NCc1ccc(C2(NC(C)C)CC2)nc1. The number of carbonyl (C=O) groups is 1. The Morgan fingerprint density at radius 1 is 1.44 bits per heavy atom. The van der Waals surface area contributed by atoms with Crippen LogP contribution in [0.15, 0.2) is 18.3 Å². The van der Waals surface area contributed by atoms with Crippen LogP contribution in [-0.2, 0) is 16.9 Å². The van der Waals surface area contributed by atoms with Crippen LogP contribution in [0.3, 0.4) is 0 Å². The molecule has 1 aliphatic rings. The third-order valence-corrected chi connectivity index (χ3v) is 3.17. The Hall–Kier alpha value is -1.42. The van der Waals surface area contributed by atoms with E-state index in [0.29, 0.717) is 12.6 Å². The van der Waals surface area contributed by atoms with Gasteiger partial charge in [0.15, 0.2) is 0 Å². The van der Waals surface area contributed by atoms with Gasteiger partial charge in [-0.3, -0.25) is 9.78 Å². The number of amides is 1. The smallest absolute Gasteiger partial charge is 0.217 e. The monoisotopic (exact) mass is 247 g/mol. The molecule has 2 rings (SSSR count). The second-order valence-electron chi connectivity index (χ2n) is 5.34. The Kier molecular flexibility index (Phi) is 3.66. The molecule has 4 heteroatoms. The first-order valence-corrected chi connectivity index (χ1v) is 6.49. The summed E-state index contributed by atoms with van der Waals surface area (Å²) in [6, 6.07) is 4.58. The summed E-state index contributed by atoms with van der Waals surface area (Å²) < 4.78 is 0. The van der Waals surface area contributed by atoms with E-state index < -0.39 is 0 Å². The lowest BCUT2D eigenvalue weighted by Crippen LogP contribution is -2.35. The third-order valence-electron chi connectivity index (χ3n) is 3.17. The highest BCUT2D eigenvalue weighted by atomic mass is 16.1. The van der Waals surface area contributed by atoms with Gasteiger partial charge in [0.1, 0.15) is 0 Å². The largest absolute Gasteiger partial charge is 0.352 e. The van der Waals surface area contributed by atoms with Crippen LogP contribution in [0.2, 0.25) is 0 Å². The Balaban J connectivity index is 2.01. The fraction of sp³-hybridized carbons (Fsp3) is 0.571. The topological polar surface area (TPSA) is 54.0 Å². The number of carbonyl (C=O) groups excluding carboxylic acids is 1. The second kappa shape index (κ2) is 5.06. The van der Waals surface area contributed by atoms with Gasteiger partial charge in [-0.05, 0) is 38.3 Å². The predicted octanol–water partition coefficient (Wildman–Crippen LogP) is 1.70. The average Bonchev–Trinajstić information content (AvgIpc) is 3.07. The Bertz CT molecular complexity index is 421. The highest BCUT2D eigenvalue weighted by Crippen LogP contribution is 2.44. The Morgan fingerprint density at radius 2 is 2.17 bits per heavy atom. The summed E-state index contributed by atoms with van der Waals surface area (Å²) in [6.45, 7) is 6.39. The number of hydrogen-bond acceptors (Lipinski definition) is 3. The highest BCUT2D eigenvalue weighted by Gasteiger charge is 2.45. The minimum absolute atomic E-state index is 0.0146. The molecule has 1 aromatic heterocycles. The van der Waals surface area contributed by atoms with Crippen LogP contribution in [0, 0.1) is 0 Å². The van der Waals surface area contributed by atoms with Gasteiger partial charge in [-0.25, -0.2) is 0 Å². The third kappa shape index (κ3) is 3.07. The molecule has 0 atom stereocenters. The van der Waals surface area contributed by atoms with Gasteiger partial charge in [0.25, 0.3) is 0 Å². The molecule has 0 radical (unpaired) electrons. The van der Waals surface area contributed by atoms with Crippen molar-refractivity contribution in [3.05, 3.63) is 29.6 Å². The molecule has 2 N–H and O–H groups in total. The van der Waals surface area contributed by atoms with E-state index in [1.54, 1.807) is 0 Å². The standard InChI is InChI=1S/C14H21N3O/c1-10(2)17-14(6-7-14)13-5-4-12(9-16-13)8-15-11(3)18/h4-5,9-10,17H,6-8H2,1-3H3,(H,15,18). The number of nitrogens with zero attached hydrogens (tertiary/aromatic N) is 1. The molecule has 0 unspecified atom stereocenters. The number of aromatic nitrogens is 1. The van der Waals surface area contributed by atoms with E-state index in [-0.39, 0.29) is 11.4 Å². The van der Waals surface area contributed by atoms with Gasteiger partial charge in [-0.2, -0.15) is 0 Å². The normalized spacial score (nSPS) is 16.7. The van der Waals surface area contributed by atoms with Crippen LogP contribution in [0.1, 0.15) is 44.9 Å². The lowest BCUT2D eigenvalue weighted by molar-refractivity contribution is -0.119. The van der Waals surface area contributed by atoms with E-state index in [1.165, 1.54) is 6.92 Å². The van der Waals surface area contributed by atoms with Crippen LogP contribution >= 0.6 is 0 Å². The van der Waals surface area contributed by atoms with Crippen molar-refractivity contribution in [2.24, 2.45) is 0 Å². The molecule has 0 bridgehead atoms. The molecule has 0 aliphatic heterocycles. The summed E-state index contributed by atoms with van der Waals surface area (Å²) in [7, 11) is 0. The first-order chi connectivity index (χ1) is 8.52. The summed E-state index contributed by atoms with van der Waals surface area (Å²) in [4.78, 5) is 15.4. The fourth-order valence-corrected chi connectivity index (χ4v) is 2.19. The van der Waals surface area contributed by atoms with Gasteiger partial charge in [-0.15, -0.1) is 0 Å². The molecule has 98 valence electrons. The van der Waals surface area contributed by atoms with E-state index in [9.17, 15) is 4.79 Å². The lowest BCUT2D eigenvalue weighted by atomic mass is 10.1. The van der Waals surface area contributed by atoms with Crippen molar-refractivity contribution in [3.8, 4) is 0 Å². The van der Waals surface area contributed by atoms with Gasteiger partial charge in [0, 0.05) is 25.7 Å². The zero-order valence-electron chi connectivity index (χ0n) is 11.3. The molecule has 18 heavy (non-hydrogen) atoms. The van der Waals surface area contributed by atoms with Crippen molar-refractivity contribution in [2.75, 3.05) is 0 Å². The zero-order valence-corrected chi connectivity index (χ0v) is 11.3. The summed E-state index contributed by atoms with van der Waals surface area (Å²) >= 11 is 0. The molecular formula is C14H21N3O. The number of pyridine rings is 1. The van der Waals surface area contributed by atoms with Crippen LogP contribution in [0.25, 0.3) is 0 Å². The van der Waals surface area contributed by atoms with Gasteiger partial charge in [0.05, 0.1) is 11.2 Å². The van der Waals surface area contributed by atoms with Gasteiger partial charge in [0.2, 0.25) is 5.91 Å². The maximum atomic E-state index is 10.8. The number of nitrogens with one attached hydrogen (secondary N) is 2. The number of rotatable bonds is 5. The fourth-order valence-electron chi connectivity index (χ4n) is 2.19. The highest BCUT2D eigenvalue weighted by molar-refractivity contribution is 5.72. The van der Waals surface area contributed by atoms with Crippen molar-refractivity contribution >= 4 is 5.91 Å². The maximum Gasteiger partial charge on any atom is 0.217 e. The summed E-state index contributed by atoms with van der Waals surface area (Å²) in [5.74, 6) is -0.0146. The summed E-state index contributed by atoms with van der Waals surface area (Å²) in [6.07, 6.45) is 4.17. The van der Waals surface area contributed by atoms with E-state index in [2.05, 4.69) is 35.5 Å².